The summed E-state index contributed by atoms with van der Waals surface area (Å²) in [6.45, 7) is 0. The number of pyridine rings is 1. The molecule has 0 unspecified atom stereocenters. The van der Waals surface area contributed by atoms with Gasteiger partial charge in [0.2, 0.25) is 5.91 Å². The van der Waals surface area contributed by atoms with Gasteiger partial charge in [-0.25, -0.2) is 9.78 Å². The lowest BCUT2D eigenvalue weighted by Gasteiger charge is -2.16. The molecule has 0 aliphatic heterocycles. The summed E-state index contributed by atoms with van der Waals surface area (Å²) in [4.78, 5) is 42.0. The number of fused-ring (bicyclic) bond motifs is 1. The molecule has 2 heterocycles. The van der Waals surface area contributed by atoms with E-state index in [-0.39, 0.29) is 23.4 Å². The highest BCUT2D eigenvalue weighted by Crippen LogP contribution is 2.29. The van der Waals surface area contributed by atoms with E-state index in [1.807, 2.05) is 23.6 Å². The molecular formula is C24H19N3O5S. The van der Waals surface area contributed by atoms with Crippen LogP contribution in [0.5, 0.6) is 5.75 Å². The maximum Gasteiger partial charge on any atom is 0.336 e. The van der Waals surface area contributed by atoms with Gasteiger partial charge >= 0.3 is 5.97 Å². The number of thiophene rings is 1. The Morgan fingerprint density at radius 1 is 1.06 bits per heavy atom. The van der Waals surface area contributed by atoms with Crippen molar-refractivity contribution in [2.45, 2.75) is 12.5 Å². The zero-order chi connectivity index (χ0) is 23.5. The molecule has 0 fully saturated rings. The maximum absolute atomic E-state index is 12.9. The molecule has 5 N–H and O–H groups in total. The molecule has 2 aromatic carbocycles. The Morgan fingerprint density at radius 2 is 1.82 bits per heavy atom. The lowest BCUT2D eigenvalue weighted by atomic mass is 10.0. The molecule has 0 radical (unpaired) electrons. The SMILES string of the molecule is NC(=O)[C@H](Cc1ccc(O)cc1)NC(=O)c1cc(C(=O)O)c2cc(-c3cccs3)ccc2n1. The van der Waals surface area contributed by atoms with E-state index in [0.717, 1.165) is 10.4 Å². The van der Waals surface area contributed by atoms with Crippen molar-refractivity contribution in [2.24, 2.45) is 5.73 Å². The highest BCUT2D eigenvalue weighted by Gasteiger charge is 2.22. The fourth-order valence-corrected chi connectivity index (χ4v) is 4.16. The summed E-state index contributed by atoms with van der Waals surface area (Å²) in [6, 6.07) is 15.3. The van der Waals surface area contributed by atoms with Gasteiger partial charge in [-0.05, 0) is 52.9 Å². The van der Waals surface area contributed by atoms with E-state index < -0.39 is 23.8 Å². The summed E-state index contributed by atoms with van der Waals surface area (Å²) in [7, 11) is 0. The molecular weight excluding hydrogens is 442 g/mol. The second kappa shape index (κ2) is 9.09. The third-order valence-electron chi connectivity index (χ3n) is 5.10. The fraction of sp³-hybridized carbons (Fsp3) is 0.0833. The first-order valence-electron chi connectivity index (χ1n) is 9.92. The monoisotopic (exact) mass is 461 g/mol. The summed E-state index contributed by atoms with van der Waals surface area (Å²) in [5.41, 5.74) is 7.11. The molecule has 8 nitrogen and oxygen atoms in total. The van der Waals surface area contributed by atoms with Gasteiger partial charge in [0.1, 0.15) is 17.5 Å². The molecule has 33 heavy (non-hydrogen) atoms. The number of carbonyl (C=O) groups excluding carboxylic acids is 2. The molecule has 0 aliphatic rings. The molecule has 1 atom stereocenters. The van der Waals surface area contributed by atoms with E-state index in [1.165, 1.54) is 29.5 Å². The van der Waals surface area contributed by atoms with E-state index in [2.05, 4.69) is 10.3 Å². The molecule has 0 saturated heterocycles. The Hall–Kier alpha value is -4.24. The minimum Gasteiger partial charge on any atom is -0.508 e. The van der Waals surface area contributed by atoms with Crippen molar-refractivity contribution in [3.8, 4) is 16.2 Å². The number of carboxylic acids is 1. The van der Waals surface area contributed by atoms with Crippen molar-refractivity contribution >= 4 is 40.0 Å². The molecule has 4 aromatic rings. The Morgan fingerprint density at radius 3 is 2.45 bits per heavy atom. The lowest BCUT2D eigenvalue weighted by molar-refractivity contribution is -0.119. The van der Waals surface area contributed by atoms with Crippen LogP contribution in [0.1, 0.15) is 26.4 Å². The minimum atomic E-state index is -1.20. The molecule has 166 valence electrons. The maximum atomic E-state index is 12.9. The number of carbonyl (C=O) groups is 3. The molecule has 0 aliphatic carbocycles. The van der Waals surface area contributed by atoms with Crippen LogP contribution in [-0.4, -0.2) is 39.0 Å². The summed E-state index contributed by atoms with van der Waals surface area (Å²) in [5.74, 6) is -2.60. The molecule has 0 spiro atoms. The molecule has 9 heteroatoms. The first-order chi connectivity index (χ1) is 15.8. The number of aromatic carboxylic acids is 1. The zero-order valence-electron chi connectivity index (χ0n) is 17.2. The number of phenolic OH excluding ortho intramolecular Hbond substituents is 1. The number of nitrogens with two attached hydrogens (primary N) is 1. The van der Waals surface area contributed by atoms with Gasteiger partial charge in [-0.1, -0.05) is 24.3 Å². The van der Waals surface area contributed by atoms with Crippen molar-refractivity contribution in [1.82, 2.24) is 10.3 Å². The van der Waals surface area contributed by atoms with E-state index in [9.17, 15) is 24.6 Å². The van der Waals surface area contributed by atoms with Crippen LogP contribution in [0.4, 0.5) is 0 Å². The Bertz CT molecular complexity index is 1350. The van der Waals surface area contributed by atoms with Crippen molar-refractivity contribution < 1.29 is 24.6 Å². The number of carboxylic acid groups (broad SMARTS) is 1. The standard InChI is InChI=1S/C24H19N3O5S/c25-22(29)19(10-13-3-6-15(28)7-4-13)27-23(30)20-12-17(24(31)32)16-11-14(5-8-18(16)26-20)21-2-1-9-33-21/h1-9,11-12,19,28H,10H2,(H2,25,29)(H,27,30)(H,31,32)/t19-/m0/s1. The smallest absolute Gasteiger partial charge is 0.336 e. The van der Waals surface area contributed by atoms with E-state index in [1.54, 1.807) is 24.3 Å². The zero-order valence-corrected chi connectivity index (χ0v) is 18.0. The third-order valence-corrected chi connectivity index (χ3v) is 6.02. The predicted octanol–water partition coefficient (Wildman–Crippen LogP) is 3.19. The number of hydrogen-bond donors (Lipinski definition) is 4. The molecule has 0 saturated carbocycles. The minimum absolute atomic E-state index is 0.0715. The number of nitrogens with one attached hydrogen (secondary N) is 1. The number of hydrogen-bond acceptors (Lipinski definition) is 6. The van der Waals surface area contributed by atoms with Crippen LogP contribution in [0.15, 0.2) is 66.0 Å². The van der Waals surface area contributed by atoms with Gasteiger partial charge in [0.15, 0.2) is 0 Å². The number of aromatic hydroxyl groups is 1. The van der Waals surface area contributed by atoms with Crippen LogP contribution < -0.4 is 11.1 Å². The quantitative estimate of drug-likeness (QED) is 0.333. The normalized spacial score (nSPS) is 11.8. The van der Waals surface area contributed by atoms with Crippen molar-refractivity contribution in [2.75, 3.05) is 0 Å². The Balaban J connectivity index is 1.65. The number of nitrogens with zero attached hydrogens (tertiary/aromatic N) is 1. The number of rotatable bonds is 7. The highest BCUT2D eigenvalue weighted by atomic mass is 32.1. The number of benzene rings is 2. The summed E-state index contributed by atoms with van der Waals surface area (Å²) in [6.07, 6.45) is 0.102. The summed E-state index contributed by atoms with van der Waals surface area (Å²) in [5, 5.41) is 24.0. The van der Waals surface area contributed by atoms with Gasteiger partial charge in [0, 0.05) is 16.7 Å². The molecule has 0 bridgehead atoms. The lowest BCUT2D eigenvalue weighted by Crippen LogP contribution is -2.46. The first-order valence-corrected chi connectivity index (χ1v) is 10.8. The van der Waals surface area contributed by atoms with Crippen LogP contribution in [0.3, 0.4) is 0 Å². The summed E-state index contributed by atoms with van der Waals surface area (Å²) >= 11 is 1.53. The fourth-order valence-electron chi connectivity index (χ4n) is 3.44. The van der Waals surface area contributed by atoms with E-state index in [0.29, 0.717) is 16.5 Å². The van der Waals surface area contributed by atoms with Gasteiger partial charge in [-0.3, -0.25) is 9.59 Å². The van der Waals surface area contributed by atoms with Crippen LogP contribution in [0.2, 0.25) is 0 Å². The topological polar surface area (TPSA) is 143 Å². The highest BCUT2D eigenvalue weighted by molar-refractivity contribution is 7.13. The third kappa shape index (κ3) is 4.83. The van der Waals surface area contributed by atoms with E-state index >= 15 is 0 Å². The largest absolute Gasteiger partial charge is 0.508 e. The number of amides is 2. The van der Waals surface area contributed by atoms with Crippen molar-refractivity contribution in [1.29, 1.82) is 0 Å². The average Bonchev–Trinajstić information content (AvgIpc) is 3.33. The molecule has 2 aromatic heterocycles. The van der Waals surface area contributed by atoms with Crippen LogP contribution in [0.25, 0.3) is 21.3 Å². The second-order valence-electron chi connectivity index (χ2n) is 7.37. The van der Waals surface area contributed by atoms with Gasteiger partial charge in [0.25, 0.3) is 5.91 Å². The number of primary amides is 1. The number of phenols is 1. The second-order valence-corrected chi connectivity index (χ2v) is 8.32. The molecule has 4 rings (SSSR count). The van der Waals surface area contributed by atoms with Gasteiger partial charge in [-0.2, -0.15) is 0 Å². The van der Waals surface area contributed by atoms with Gasteiger partial charge in [-0.15, -0.1) is 11.3 Å². The van der Waals surface area contributed by atoms with E-state index in [4.69, 9.17) is 5.73 Å². The van der Waals surface area contributed by atoms with Crippen molar-refractivity contribution in [3.63, 3.8) is 0 Å². The van der Waals surface area contributed by atoms with Crippen LogP contribution >= 0.6 is 11.3 Å². The van der Waals surface area contributed by atoms with Gasteiger partial charge in [0.05, 0.1) is 11.1 Å². The summed E-state index contributed by atoms with van der Waals surface area (Å²) < 4.78 is 0. The van der Waals surface area contributed by atoms with Crippen LogP contribution in [-0.2, 0) is 11.2 Å². The average molecular weight is 461 g/mol. The number of aromatic nitrogens is 1. The van der Waals surface area contributed by atoms with Gasteiger partial charge < -0.3 is 21.3 Å². The first kappa shape index (κ1) is 22.0. The molecule has 2 amide bonds. The van der Waals surface area contributed by atoms with Crippen LogP contribution in [0, 0.1) is 0 Å². The Labute approximate surface area is 192 Å². The Kier molecular flexibility index (Phi) is 6.05. The van der Waals surface area contributed by atoms with Crippen molar-refractivity contribution in [3.05, 3.63) is 82.9 Å². The predicted molar refractivity (Wildman–Crippen MR) is 124 cm³/mol.